The van der Waals surface area contributed by atoms with Crippen LogP contribution in [0.1, 0.15) is 32.6 Å². The molecule has 27 heavy (non-hydrogen) atoms. The molecule has 0 atom stereocenters. The Morgan fingerprint density at radius 2 is 1.78 bits per heavy atom. The molecule has 1 aliphatic carbocycles. The fourth-order valence-electron chi connectivity index (χ4n) is 3.39. The van der Waals surface area contributed by atoms with E-state index in [1.54, 1.807) is 18.3 Å². The van der Waals surface area contributed by atoms with Crippen molar-refractivity contribution in [2.24, 2.45) is 5.92 Å². The first-order chi connectivity index (χ1) is 12.9. The molecule has 1 aromatic carbocycles. The van der Waals surface area contributed by atoms with Crippen LogP contribution in [0.2, 0.25) is 0 Å². The van der Waals surface area contributed by atoms with Gasteiger partial charge in [0.2, 0.25) is 5.95 Å². The van der Waals surface area contributed by atoms with Crippen molar-refractivity contribution < 1.29 is 13.5 Å². The average molecular weight is 376 g/mol. The number of ether oxygens (including phenoxy) is 1. The number of halogens is 2. The van der Waals surface area contributed by atoms with Crippen molar-refractivity contribution in [2.45, 2.75) is 45.3 Å². The Balaban J connectivity index is 1.79. The van der Waals surface area contributed by atoms with E-state index >= 15 is 0 Å². The van der Waals surface area contributed by atoms with Gasteiger partial charge in [0.15, 0.2) is 0 Å². The number of rotatable bonds is 6. The van der Waals surface area contributed by atoms with Gasteiger partial charge in [-0.25, -0.2) is 4.98 Å². The van der Waals surface area contributed by atoms with Crippen LogP contribution in [0.4, 0.5) is 20.5 Å². The van der Waals surface area contributed by atoms with Crippen LogP contribution in [0.25, 0.3) is 11.1 Å². The van der Waals surface area contributed by atoms with E-state index < -0.39 is 6.61 Å². The molecule has 0 radical (unpaired) electrons. The van der Waals surface area contributed by atoms with Crippen molar-refractivity contribution in [1.82, 2.24) is 9.97 Å². The van der Waals surface area contributed by atoms with Gasteiger partial charge < -0.3 is 15.0 Å². The molecule has 1 N–H and O–H groups in total. The third-order valence-corrected chi connectivity index (χ3v) is 4.93. The lowest BCUT2D eigenvalue weighted by molar-refractivity contribution is -0.0498. The summed E-state index contributed by atoms with van der Waals surface area (Å²) >= 11 is 0. The van der Waals surface area contributed by atoms with E-state index in [2.05, 4.69) is 26.9 Å². The largest absolute Gasteiger partial charge is 0.435 e. The monoisotopic (exact) mass is 376 g/mol. The van der Waals surface area contributed by atoms with Crippen LogP contribution in [0.5, 0.6) is 5.75 Å². The van der Waals surface area contributed by atoms with Gasteiger partial charge in [0.05, 0.1) is 0 Å². The fraction of sp³-hybridized carbons (Fsp3) is 0.500. The highest BCUT2D eigenvalue weighted by molar-refractivity contribution is 5.76. The van der Waals surface area contributed by atoms with E-state index in [0.717, 1.165) is 35.7 Å². The van der Waals surface area contributed by atoms with E-state index in [9.17, 15) is 8.78 Å². The molecule has 1 heterocycles. The molecule has 5 nitrogen and oxygen atoms in total. The second kappa shape index (κ2) is 8.50. The zero-order valence-corrected chi connectivity index (χ0v) is 16.0. The number of alkyl halides is 2. The molecule has 1 fully saturated rings. The topological polar surface area (TPSA) is 50.3 Å². The maximum absolute atomic E-state index is 12.3. The summed E-state index contributed by atoms with van der Waals surface area (Å²) in [5.74, 6) is 2.32. The van der Waals surface area contributed by atoms with Crippen LogP contribution in [0, 0.1) is 5.92 Å². The Kier molecular flexibility index (Phi) is 6.08. The summed E-state index contributed by atoms with van der Waals surface area (Å²) in [4.78, 5) is 11.1. The molecule has 0 saturated heterocycles. The zero-order valence-electron chi connectivity index (χ0n) is 16.0. The van der Waals surface area contributed by atoms with E-state index in [0.29, 0.717) is 12.0 Å². The highest BCUT2D eigenvalue weighted by atomic mass is 19.3. The number of nitrogens with one attached hydrogen (secondary N) is 1. The molecular weight excluding hydrogens is 350 g/mol. The van der Waals surface area contributed by atoms with Crippen molar-refractivity contribution in [1.29, 1.82) is 0 Å². The minimum Gasteiger partial charge on any atom is -0.435 e. The average Bonchev–Trinajstić information content (AvgIpc) is 2.64. The normalized spacial score (nSPS) is 19.8. The lowest BCUT2D eigenvalue weighted by Gasteiger charge is -2.27. The predicted molar refractivity (Wildman–Crippen MR) is 103 cm³/mol. The second-order valence-corrected chi connectivity index (χ2v) is 7.33. The van der Waals surface area contributed by atoms with Gasteiger partial charge in [0.1, 0.15) is 11.6 Å². The smallest absolute Gasteiger partial charge is 0.387 e. The van der Waals surface area contributed by atoms with Crippen molar-refractivity contribution >= 4 is 11.8 Å². The number of benzene rings is 1. The van der Waals surface area contributed by atoms with E-state index in [1.807, 2.05) is 19.0 Å². The molecule has 146 valence electrons. The van der Waals surface area contributed by atoms with Gasteiger partial charge in [-0.2, -0.15) is 13.8 Å². The Morgan fingerprint density at radius 1 is 1.11 bits per heavy atom. The third kappa shape index (κ3) is 5.05. The fourth-order valence-corrected chi connectivity index (χ4v) is 3.39. The van der Waals surface area contributed by atoms with Crippen molar-refractivity contribution in [3.8, 4) is 16.9 Å². The van der Waals surface area contributed by atoms with Crippen LogP contribution in [0.3, 0.4) is 0 Å². The summed E-state index contributed by atoms with van der Waals surface area (Å²) in [6.45, 7) is -0.534. The number of hydrogen-bond donors (Lipinski definition) is 1. The zero-order chi connectivity index (χ0) is 19.4. The number of aromatic nitrogens is 2. The minimum atomic E-state index is -2.83. The summed E-state index contributed by atoms with van der Waals surface area (Å²) in [7, 11) is 3.85. The van der Waals surface area contributed by atoms with Gasteiger partial charge in [-0.1, -0.05) is 19.1 Å². The van der Waals surface area contributed by atoms with Crippen LogP contribution >= 0.6 is 0 Å². The highest BCUT2D eigenvalue weighted by Crippen LogP contribution is 2.31. The van der Waals surface area contributed by atoms with E-state index in [1.165, 1.54) is 25.0 Å². The third-order valence-electron chi connectivity index (χ3n) is 4.93. The predicted octanol–water partition coefficient (Wildman–Crippen LogP) is 4.80. The van der Waals surface area contributed by atoms with Gasteiger partial charge >= 0.3 is 6.61 Å². The summed E-state index contributed by atoms with van der Waals surface area (Å²) in [5.41, 5.74) is 1.68. The number of nitrogens with zero attached hydrogens (tertiary/aromatic N) is 3. The molecule has 0 unspecified atom stereocenters. The van der Waals surface area contributed by atoms with E-state index in [4.69, 9.17) is 0 Å². The molecule has 7 heteroatoms. The number of anilines is 2. The van der Waals surface area contributed by atoms with Crippen molar-refractivity contribution in [2.75, 3.05) is 24.3 Å². The first kappa shape index (κ1) is 19.3. The van der Waals surface area contributed by atoms with Crippen molar-refractivity contribution in [3.05, 3.63) is 30.5 Å². The Bertz CT molecular complexity index is 744. The van der Waals surface area contributed by atoms with Crippen LogP contribution < -0.4 is 15.0 Å². The minimum absolute atomic E-state index is 0.130. The van der Waals surface area contributed by atoms with Gasteiger partial charge in [-0.3, -0.25) is 0 Å². The Labute approximate surface area is 158 Å². The summed E-state index contributed by atoms with van der Waals surface area (Å²) < 4.78 is 29.0. The van der Waals surface area contributed by atoms with Crippen molar-refractivity contribution in [3.63, 3.8) is 0 Å². The van der Waals surface area contributed by atoms with Crippen LogP contribution in [-0.2, 0) is 0 Å². The van der Waals surface area contributed by atoms with Gasteiger partial charge in [-0.05, 0) is 49.3 Å². The molecule has 1 saturated carbocycles. The molecule has 1 aromatic heterocycles. The van der Waals surface area contributed by atoms with E-state index in [-0.39, 0.29) is 5.75 Å². The first-order valence-electron chi connectivity index (χ1n) is 9.28. The maximum Gasteiger partial charge on any atom is 0.387 e. The second-order valence-electron chi connectivity index (χ2n) is 7.33. The first-order valence-corrected chi connectivity index (χ1v) is 9.28. The molecular formula is C20H26F2N4O. The molecule has 0 amide bonds. The summed E-state index contributed by atoms with van der Waals surface area (Å²) in [5, 5.41) is 3.45. The van der Waals surface area contributed by atoms with Gasteiger partial charge in [0.25, 0.3) is 0 Å². The highest BCUT2D eigenvalue weighted by Gasteiger charge is 2.20. The van der Waals surface area contributed by atoms with Gasteiger partial charge in [-0.15, -0.1) is 0 Å². The molecule has 1 aliphatic rings. The lowest BCUT2D eigenvalue weighted by atomic mass is 9.87. The molecule has 0 bridgehead atoms. The molecule has 0 aliphatic heterocycles. The van der Waals surface area contributed by atoms with Crippen LogP contribution in [0.15, 0.2) is 30.5 Å². The maximum atomic E-state index is 12.3. The quantitative estimate of drug-likeness (QED) is 0.785. The summed E-state index contributed by atoms with van der Waals surface area (Å²) in [6.07, 6.45) is 6.50. The summed E-state index contributed by atoms with van der Waals surface area (Å²) in [6, 6.07) is 6.93. The molecule has 2 aromatic rings. The number of hydrogen-bond acceptors (Lipinski definition) is 5. The molecule has 3 rings (SSSR count). The Morgan fingerprint density at radius 3 is 2.37 bits per heavy atom. The molecule has 0 spiro atoms. The van der Waals surface area contributed by atoms with Crippen LogP contribution in [-0.4, -0.2) is 36.7 Å². The standard InChI is InChI=1S/C20H26F2N4O/c1-13-4-8-15(9-5-13)24-20-23-12-17(18(25-20)26(2)3)14-6-10-16(11-7-14)27-19(21)22/h6-7,10-13,15,19H,4-5,8-9H2,1-3H3,(H,23,24,25)/t13-,15-. The van der Waals surface area contributed by atoms with Gasteiger partial charge in [0, 0.05) is 31.9 Å². The SMILES string of the molecule is CN(C)c1nc(N[C@H]2CC[C@H](C)CC2)ncc1-c1ccc(OC(F)F)cc1. The lowest BCUT2D eigenvalue weighted by Crippen LogP contribution is -2.26. The Hall–Kier alpha value is -2.44.